The van der Waals surface area contributed by atoms with E-state index in [-0.39, 0.29) is 12.1 Å². The van der Waals surface area contributed by atoms with Crippen molar-refractivity contribution in [1.29, 1.82) is 0 Å². The zero-order valence-corrected chi connectivity index (χ0v) is 13.7. The molecule has 0 fully saturated rings. The number of nitro groups is 1. The molecule has 0 spiro atoms. The number of para-hydroxylation sites is 2. The van der Waals surface area contributed by atoms with Gasteiger partial charge in [-0.2, -0.15) is 0 Å². The summed E-state index contributed by atoms with van der Waals surface area (Å²) >= 11 is 0. The van der Waals surface area contributed by atoms with Crippen molar-refractivity contribution in [3.05, 3.63) is 75.5 Å². The number of hydrogen-bond acceptors (Lipinski definition) is 4. The van der Waals surface area contributed by atoms with Crippen molar-refractivity contribution < 1.29 is 14.8 Å². The average Bonchev–Trinajstić information content (AvgIpc) is 3.03. The Morgan fingerprint density at radius 1 is 1.16 bits per heavy atom. The molecule has 0 amide bonds. The van der Waals surface area contributed by atoms with Crippen LogP contribution in [0, 0.1) is 10.1 Å². The van der Waals surface area contributed by atoms with Gasteiger partial charge in [-0.3, -0.25) is 10.1 Å². The Morgan fingerprint density at radius 3 is 2.60 bits per heavy atom. The second-order valence-electron chi connectivity index (χ2n) is 5.88. The maximum atomic E-state index is 11.4. The highest BCUT2D eigenvalue weighted by Crippen LogP contribution is 2.38. The van der Waals surface area contributed by atoms with Crippen LogP contribution >= 0.6 is 0 Å². The third-order valence-corrected chi connectivity index (χ3v) is 4.47. The monoisotopic (exact) mass is 337 g/mol. The molecule has 1 heterocycles. The molecule has 1 atom stereocenters. The Bertz CT molecular complexity index is 946. The number of carbonyl (C=O) groups excluding carboxylic acids is 1. The summed E-state index contributed by atoms with van der Waals surface area (Å²) in [6.07, 6.45) is 2.25. The lowest BCUT2D eigenvalue weighted by molar-refractivity contribution is -0.385. The summed E-state index contributed by atoms with van der Waals surface area (Å²) in [6.45, 7) is 2.04. The highest BCUT2D eigenvalue weighted by atomic mass is 16.6. The predicted octanol–water partition coefficient (Wildman–Crippen LogP) is 2.91. The molecular weight excluding hydrogens is 320 g/mol. The quantitative estimate of drug-likeness (QED) is 0.552. The van der Waals surface area contributed by atoms with Crippen LogP contribution in [0.25, 0.3) is 10.9 Å². The number of carbonyl (C=O) groups is 1. The van der Waals surface area contributed by atoms with E-state index >= 15 is 0 Å². The summed E-state index contributed by atoms with van der Waals surface area (Å²) in [5.41, 5.74) is 3.05. The van der Waals surface area contributed by atoms with Crippen LogP contribution in [0.15, 0.2) is 48.7 Å². The first-order valence-corrected chi connectivity index (χ1v) is 8.05. The normalized spacial score (nSPS) is 12.2. The van der Waals surface area contributed by atoms with Crippen LogP contribution in [0.1, 0.15) is 36.0 Å². The van der Waals surface area contributed by atoms with Crippen molar-refractivity contribution >= 4 is 22.6 Å². The third-order valence-electron chi connectivity index (χ3n) is 4.47. The number of rotatable bonds is 6. The van der Waals surface area contributed by atoms with E-state index in [4.69, 9.17) is 0 Å². The van der Waals surface area contributed by atoms with E-state index < -0.39 is 16.8 Å². The SMILES string of the molecule is CCc1cccc2c([C@H](CC(=O)[O-])c3ccccc3[N+](=O)[O-])c[nH]c12. The molecule has 0 bridgehead atoms. The Labute approximate surface area is 144 Å². The van der Waals surface area contributed by atoms with Crippen LogP contribution in [-0.2, 0) is 11.2 Å². The minimum Gasteiger partial charge on any atom is -0.550 e. The number of nitrogens with zero attached hydrogens (tertiary/aromatic N) is 1. The summed E-state index contributed by atoms with van der Waals surface area (Å²) in [5, 5.41) is 23.6. The van der Waals surface area contributed by atoms with Crippen LogP contribution in [0.3, 0.4) is 0 Å². The molecule has 6 nitrogen and oxygen atoms in total. The fourth-order valence-corrected chi connectivity index (χ4v) is 3.32. The molecular formula is C19H17N2O4-. The van der Waals surface area contributed by atoms with Gasteiger partial charge in [0, 0.05) is 40.6 Å². The van der Waals surface area contributed by atoms with Gasteiger partial charge in [-0.25, -0.2) is 0 Å². The molecule has 25 heavy (non-hydrogen) atoms. The van der Waals surface area contributed by atoms with Crippen molar-refractivity contribution in [2.75, 3.05) is 0 Å². The van der Waals surface area contributed by atoms with Crippen LogP contribution in [0.2, 0.25) is 0 Å². The number of H-pyrrole nitrogens is 1. The lowest BCUT2D eigenvalue weighted by Gasteiger charge is -2.18. The average molecular weight is 337 g/mol. The number of carboxylic acids is 1. The van der Waals surface area contributed by atoms with E-state index in [2.05, 4.69) is 4.98 Å². The van der Waals surface area contributed by atoms with E-state index in [0.29, 0.717) is 5.56 Å². The Morgan fingerprint density at radius 2 is 1.92 bits per heavy atom. The number of nitrogens with one attached hydrogen (secondary N) is 1. The second-order valence-corrected chi connectivity index (χ2v) is 5.88. The molecule has 6 heteroatoms. The van der Waals surface area contributed by atoms with Gasteiger partial charge in [0.05, 0.1) is 4.92 Å². The molecule has 0 unspecified atom stereocenters. The maximum absolute atomic E-state index is 11.4. The van der Waals surface area contributed by atoms with Crippen molar-refractivity contribution in [2.45, 2.75) is 25.7 Å². The van der Waals surface area contributed by atoms with Gasteiger partial charge in [0.15, 0.2) is 0 Å². The molecule has 0 saturated carbocycles. The summed E-state index contributed by atoms with van der Waals surface area (Å²) in [7, 11) is 0. The molecule has 3 rings (SSSR count). The first kappa shape index (κ1) is 16.7. The van der Waals surface area contributed by atoms with Crippen molar-refractivity contribution in [3.8, 4) is 0 Å². The van der Waals surface area contributed by atoms with Gasteiger partial charge in [0.2, 0.25) is 0 Å². The summed E-state index contributed by atoms with van der Waals surface area (Å²) < 4.78 is 0. The Hall–Kier alpha value is -3.15. The van der Waals surface area contributed by atoms with Crippen LogP contribution in [0.4, 0.5) is 5.69 Å². The Kier molecular flexibility index (Phi) is 4.52. The van der Waals surface area contributed by atoms with E-state index in [1.165, 1.54) is 6.07 Å². The molecule has 0 aliphatic rings. The number of carboxylic acid groups (broad SMARTS) is 1. The topological polar surface area (TPSA) is 99.1 Å². The minimum absolute atomic E-state index is 0.0882. The Balaban J connectivity index is 2.22. The third kappa shape index (κ3) is 3.10. The van der Waals surface area contributed by atoms with Gasteiger partial charge in [-0.05, 0) is 24.0 Å². The highest BCUT2D eigenvalue weighted by molar-refractivity contribution is 5.88. The first-order valence-electron chi connectivity index (χ1n) is 8.05. The molecule has 128 valence electrons. The summed E-state index contributed by atoms with van der Waals surface area (Å²) in [5.74, 6) is -1.91. The van der Waals surface area contributed by atoms with Crippen LogP contribution < -0.4 is 5.11 Å². The number of aryl methyl sites for hydroxylation is 1. The number of hydrogen-bond donors (Lipinski definition) is 1. The fourth-order valence-electron chi connectivity index (χ4n) is 3.32. The zero-order valence-electron chi connectivity index (χ0n) is 13.7. The molecule has 0 radical (unpaired) electrons. The van der Waals surface area contributed by atoms with Crippen molar-refractivity contribution in [3.63, 3.8) is 0 Å². The van der Waals surface area contributed by atoms with Gasteiger partial charge in [-0.15, -0.1) is 0 Å². The lowest BCUT2D eigenvalue weighted by Crippen LogP contribution is -2.25. The molecule has 0 aliphatic heterocycles. The maximum Gasteiger partial charge on any atom is 0.273 e. The molecule has 3 aromatic rings. The van der Waals surface area contributed by atoms with Gasteiger partial charge in [-0.1, -0.05) is 43.3 Å². The molecule has 1 N–H and O–H groups in total. The number of aliphatic carboxylic acids is 1. The fraction of sp³-hybridized carbons (Fsp3) is 0.211. The zero-order chi connectivity index (χ0) is 18.0. The number of nitro benzene ring substituents is 1. The van der Waals surface area contributed by atoms with Gasteiger partial charge in [0.25, 0.3) is 5.69 Å². The smallest absolute Gasteiger partial charge is 0.273 e. The standard InChI is InChI=1S/C19H18N2O4/c1-2-12-6-5-8-14-16(11-20-19(12)14)15(10-18(22)23)13-7-3-4-9-17(13)21(24)25/h3-9,11,15,20H,2,10H2,1H3,(H,22,23)/p-1/t15-/m1/s1. The minimum atomic E-state index is -1.25. The number of benzene rings is 2. The molecule has 0 aliphatic carbocycles. The number of fused-ring (bicyclic) bond motifs is 1. The predicted molar refractivity (Wildman–Crippen MR) is 92.2 cm³/mol. The van der Waals surface area contributed by atoms with Crippen molar-refractivity contribution in [1.82, 2.24) is 4.98 Å². The molecule has 2 aromatic carbocycles. The van der Waals surface area contributed by atoms with E-state index in [0.717, 1.165) is 28.5 Å². The van der Waals surface area contributed by atoms with E-state index in [1.54, 1.807) is 24.4 Å². The van der Waals surface area contributed by atoms with Gasteiger partial charge < -0.3 is 14.9 Å². The van der Waals surface area contributed by atoms with E-state index in [9.17, 15) is 20.0 Å². The first-order chi connectivity index (χ1) is 12.0. The molecule has 0 saturated heterocycles. The summed E-state index contributed by atoms with van der Waals surface area (Å²) in [6, 6.07) is 12.1. The largest absolute Gasteiger partial charge is 0.550 e. The van der Waals surface area contributed by atoms with Crippen LogP contribution in [-0.4, -0.2) is 15.9 Å². The second kappa shape index (κ2) is 6.76. The number of aromatic amines is 1. The highest BCUT2D eigenvalue weighted by Gasteiger charge is 2.25. The van der Waals surface area contributed by atoms with Crippen LogP contribution in [0.5, 0.6) is 0 Å². The van der Waals surface area contributed by atoms with E-state index in [1.807, 2.05) is 25.1 Å². The lowest BCUT2D eigenvalue weighted by atomic mass is 9.87. The van der Waals surface area contributed by atoms with Gasteiger partial charge in [0.1, 0.15) is 0 Å². The number of aromatic nitrogens is 1. The summed E-state index contributed by atoms with van der Waals surface area (Å²) in [4.78, 5) is 25.4. The molecule has 1 aromatic heterocycles. The van der Waals surface area contributed by atoms with Crippen molar-refractivity contribution in [2.24, 2.45) is 0 Å². The van der Waals surface area contributed by atoms with Gasteiger partial charge >= 0.3 is 0 Å².